The van der Waals surface area contributed by atoms with Gasteiger partial charge in [0.2, 0.25) is 5.91 Å². The minimum atomic E-state index is -0.738. The fourth-order valence-corrected chi connectivity index (χ4v) is 4.52. The molecule has 4 N–H and O–H groups in total. The van der Waals surface area contributed by atoms with Crippen LogP contribution in [0.25, 0.3) is 11.1 Å². The number of hydrogen-bond donors (Lipinski definition) is 3. The Balaban J connectivity index is 1.33. The molecule has 0 saturated heterocycles. The number of anilines is 1. The summed E-state index contributed by atoms with van der Waals surface area (Å²) in [6, 6.07) is 19.6. The van der Waals surface area contributed by atoms with Crippen molar-refractivity contribution in [1.29, 1.82) is 0 Å². The van der Waals surface area contributed by atoms with E-state index in [-0.39, 0.29) is 12.5 Å². The maximum absolute atomic E-state index is 13.2. The fourth-order valence-electron chi connectivity index (χ4n) is 4.35. The lowest BCUT2D eigenvalue weighted by Gasteiger charge is -2.34. The number of fused-ring (bicyclic) bond motifs is 1. The topological polar surface area (TPSA) is 113 Å². The molecule has 2 heterocycles. The molecule has 0 radical (unpaired) electrons. The number of halogens is 1. The van der Waals surface area contributed by atoms with Gasteiger partial charge in [0.25, 0.3) is 0 Å². The number of H-pyrrole nitrogens is 1. The maximum atomic E-state index is 13.2. The number of hydrogen-bond acceptors (Lipinski definition) is 4. The average Bonchev–Trinajstić information content (AvgIpc) is 3.41. The van der Waals surface area contributed by atoms with Gasteiger partial charge in [-0.1, -0.05) is 48.0 Å². The molecule has 1 atom stereocenters. The number of nitrogens with two attached hydrogens (primary N) is 1. The summed E-state index contributed by atoms with van der Waals surface area (Å²) >= 11 is 6.23. The predicted molar refractivity (Wildman–Crippen MR) is 138 cm³/mol. The van der Waals surface area contributed by atoms with Crippen LogP contribution in [0.2, 0.25) is 5.02 Å². The van der Waals surface area contributed by atoms with Gasteiger partial charge in [-0.2, -0.15) is 5.10 Å². The molecule has 3 amide bonds. The molecule has 1 aliphatic rings. The van der Waals surface area contributed by atoms with Crippen LogP contribution in [0.15, 0.2) is 79.1 Å². The van der Waals surface area contributed by atoms with E-state index in [1.807, 2.05) is 54.7 Å². The molecule has 0 bridgehead atoms. The van der Waals surface area contributed by atoms with Crippen LogP contribution in [0.3, 0.4) is 0 Å². The zero-order valence-electron chi connectivity index (χ0n) is 19.3. The van der Waals surface area contributed by atoms with Crippen LogP contribution in [0.4, 0.5) is 10.5 Å². The van der Waals surface area contributed by atoms with Gasteiger partial charge in [0.1, 0.15) is 18.4 Å². The molecule has 36 heavy (non-hydrogen) atoms. The van der Waals surface area contributed by atoms with E-state index in [0.29, 0.717) is 23.8 Å². The first-order valence-corrected chi connectivity index (χ1v) is 11.8. The van der Waals surface area contributed by atoms with Crippen LogP contribution >= 0.6 is 11.6 Å². The quantitative estimate of drug-likeness (QED) is 0.347. The lowest BCUT2D eigenvalue weighted by molar-refractivity contribution is -0.120. The Morgan fingerprint density at radius 2 is 1.94 bits per heavy atom. The molecule has 4 aromatic rings. The highest BCUT2D eigenvalue weighted by atomic mass is 35.5. The minimum absolute atomic E-state index is 0.244. The van der Waals surface area contributed by atoms with E-state index < -0.39 is 12.1 Å². The van der Waals surface area contributed by atoms with Crippen molar-refractivity contribution in [2.24, 2.45) is 5.73 Å². The maximum Gasteiger partial charge on any atom is 0.312 e. The number of rotatable bonds is 7. The summed E-state index contributed by atoms with van der Waals surface area (Å²) in [5, 5.41) is 9.91. The Labute approximate surface area is 213 Å². The molecule has 8 nitrogen and oxygen atoms in total. The van der Waals surface area contributed by atoms with Crippen molar-refractivity contribution >= 4 is 29.2 Å². The standard InChI is InChI=1S/C27H24ClN5O3/c28-22-8-7-20-11-24(32-27(29)35)26(34)33(25(20)12-22)15-17-3-2-6-23(10-17)36-16-18-4-1-5-19(9-18)21-13-30-31-14-21/h1-10,12-14,24H,11,15-16H2,(H,30,31)(H3,29,32,35)/t24-/m1/s1. The second kappa shape index (κ2) is 10.1. The summed E-state index contributed by atoms with van der Waals surface area (Å²) in [6.07, 6.45) is 3.98. The van der Waals surface area contributed by atoms with Gasteiger partial charge in [-0.3, -0.25) is 9.89 Å². The zero-order chi connectivity index (χ0) is 25.1. The number of nitrogens with one attached hydrogen (secondary N) is 2. The third-order valence-corrected chi connectivity index (χ3v) is 6.28. The number of primary amides is 1. The zero-order valence-corrected chi connectivity index (χ0v) is 20.0. The van der Waals surface area contributed by atoms with E-state index in [1.54, 1.807) is 23.2 Å². The van der Waals surface area contributed by atoms with E-state index >= 15 is 0 Å². The van der Waals surface area contributed by atoms with Crippen LogP contribution in [0, 0.1) is 0 Å². The number of urea groups is 1. The van der Waals surface area contributed by atoms with E-state index in [2.05, 4.69) is 21.6 Å². The molecule has 1 aromatic heterocycles. The van der Waals surface area contributed by atoms with Gasteiger partial charge >= 0.3 is 6.03 Å². The van der Waals surface area contributed by atoms with Gasteiger partial charge in [0, 0.05) is 28.9 Å². The second-order valence-corrected chi connectivity index (χ2v) is 9.02. The number of benzene rings is 3. The lowest BCUT2D eigenvalue weighted by atomic mass is 9.96. The molecule has 5 rings (SSSR count). The van der Waals surface area contributed by atoms with Crippen molar-refractivity contribution < 1.29 is 14.3 Å². The van der Waals surface area contributed by atoms with Crippen molar-refractivity contribution in [2.75, 3.05) is 4.90 Å². The summed E-state index contributed by atoms with van der Waals surface area (Å²) in [6.45, 7) is 0.678. The molecule has 0 aliphatic carbocycles. The van der Waals surface area contributed by atoms with E-state index in [4.69, 9.17) is 22.1 Å². The number of aromatic nitrogens is 2. The van der Waals surface area contributed by atoms with E-state index in [0.717, 1.165) is 33.5 Å². The van der Waals surface area contributed by atoms with Crippen LogP contribution in [-0.4, -0.2) is 28.2 Å². The molecule has 0 spiro atoms. The van der Waals surface area contributed by atoms with Gasteiger partial charge in [-0.25, -0.2) is 4.79 Å². The lowest BCUT2D eigenvalue weighted by Crippen LogP contribution is -2.53. The van der Waals surface area contributed by atoms with Crippen LogP contribution < -0.4 is 20.7 Å². The van der Waals surface area contributed by atoms with Crippen LogP contribution in [-0.2, 0) is 24.4 Å². The molecule has 182 valence electrons. The predicted octanol–water partition coefficient (Wildman–Crippen LogP) is 4.44. The monoisotopic (exact) mass is 501 g/mol. The summed E-state index contributed by atoms with van der Waals surface area (Å²) < 4.78 is 6.06. The number of ether oxygens (including phenoxy) is 1. The van der Waals surface area contributed by atoms with Gasteiger partial charge in [-0.05, 0) is 52.6 Å². The second-order valence-electron chi connectivity index (χ2n) is 8.59. The van der Waals surface area contributed by atoms with Gasteiger partial charge < -0.3 is 20.7 Å². The largest absolute Gasteiger partial charge is 0.489 e. The smallest absolute Gasteiger partial charge is 0.312 e. The minimum Gasteiger partial charge on any atom is -0.489 e. The highest BCUT2D eigenvalue weighted by Gasteiger charge is 2.33. The van der Waals surface area contributed by atoms with Crippen molar-refractivity contribution in [3.05, 3.63) is 101 Å². The van der Waals surface area contributed by atoms with Gasteiger partial charge in [0.15, 0.2) is 0 Å². The SMILES string of the molecule is NC(=O)N[C@@H]1Cc2ccc(Cl)cc2N(Cc2cccc(OCc3cccc(-c4cn[nH]c4)c3)c2)C1=O. The molecular formula is C27H24ClN5O3. The molecule has 0 fully saturated rings. The number of carbonyl (C=O) groups excluding carboxylic acids is 2. The highest BCUT2D eigenvalue weighted by Crippen LogP contribution is 2.32. The third kappa shape index (κ3) is 5.18. The Kier molecular flexibility index (Phi) is 6.60. The van der Waals surface area contributed by atoms with Gasteiger partial charge in [0.05, 0.1) is 12.7 Å². The van der Waals surface area contributed by atoms with Crippen molar-refractivity contribution in [1.82, 2.24) is 15.5 Å². The molecular weight excluding hydrogens is 478 g/mol. The normalized spacial score (nSPS) is 14.9. The average molecular weight is 502 g/mol. The fraction of sp³-hybridized carbons (Fsp3) is 0.148. The van der Waals surface area contributed by atoms with Crippen molar-refractivity contribution in [2.45, 2.75) is 25.6 Å². The Morgan fingerprint density at radius 3 is 2.75 bits per heavy atom. The first-order valence-electron chi connectivity index (χ1n) is 11.4. The Hall–Kier alpha value is -4.30. The van der Waals surface area contributed by atoms with E-state index in [9.17, 15) is 9.59 Å². The van der Waals surface area contributed by atoms with Gasteiger partial charge in [-0.15, -0.1) is 0 Å². The highest BCUT2D eigenvalue weighted by molar-refractivity contribution is 6.31. The summed E-state index contributed by atoms with van der Waals surface area (Å²) in [5.74, 6) is 0.440. The molecule has 3 aromatic carbocycles. The summed E-state index contributed by atoms with van der Waals surface area (Å²) in [7, 11) is 0. The first kappa shape index (κ1) is 23.4. The van der Waals surface area contributed by atoms with E-state index in [1.165, 1.54) is 0 Å². The molecule has 9 heteroatoms. The van der Waals surface area contributed by atoms with Crippen molar-refractivity contribution in [3.63, 3.8) is 0 Å². The molecule has 0 unspecified atom stereocenters. The summed E-state index contributed by atoms with van der Waals surface area (Å²) in [4.78, 5) is 26.3. The molecule has 1 aliphatic heterocycles. The Bertz CT molecular complexity index is 1410. The summed E-state index contributed by atoms with van der Waals surface area (Å²) in [5.41, 5.74) is 10.9. The number of carbonyl (C=O) groups is 2. The number of amides is 3. The molecule has 0 saturated carbocycles. The number of nitrogens with zero attached hydrogens (tertiary/aromatic N) is 2. The number of aromatic amines is 1. The van der Waals surface area contributed by atoms with Crippen LogP contribution in [0.1, 0.15) is 16.7 Å². The third-order valence-electron chi connectivity index (χ3n) is 6.05. The Morgan fingerprint density at radius 1 is 1.11 bits per heavy atom. The van der Waals surface area contributed by atoms with Crippen molar-refractivity contribution in [3.8, 4) is 16.9 Å². The first-order chi connectivity index (χ1) is 17.5. The van der Waals surface area contributed by atoms with Crippen LogP contribution in [0.5, 0.6) is 5.75 Å².